The van der Waals surface area contributed by atoms with E-state index in [0.717, 1.165) is 16.8 Å². The van der Waals surface area contributed by atoms with Crippen LogP contribution < -0.4 is 20.1 Å². The van der Waals surface area contributed by atoms with Gasteiger partial charge in [-0.25, -0.2) is 4.39 Å². The molecule has 0 aromatic heterocycles. The van der Waals surface area contributed by atoms with Crippen molar-refractivity contribution in [2.75, 3.05) is 24.4 Å². The maximum absolute atomic E-state index is 13.1. The number of ether oxygens (including phenoxy) is 2. The number of para-hydroxylation sites is 1. The second kappa shape index (κ2) is 9.59. The minimum Gasteiger partial charge on any atom is -0.493 e. The molecule has 29 heavy (non-hydrogen) atoms. The summed E-state index contributed by atoms with van der Waals surface area (Å²) in [6.45, 7) is 2.26. The standard InChI is InChI=1S/C23H23FN2O3/c1-16-6-10-20(11-7-16)26-22(27)15-29-23-17(4-3-5-21(23)28-2)14-25-19-12-8-18(24)9-13-19/h3-13,25H,14-15H2,1-2H3,(H,26,27). The highest BCUT2D eigenvalue weighted by molar-refractivity contribution is 5.91. The number of amides is 1. The molecule has 0 aliphatic rings. The molecule has 3 aromatic carbocycles. The van der Waals surface area contributed by atoms with E-state index in [0.29, 0.717) is 23.7 Å². The Morgan fingerprint density at radius 3 is 2.34 bits per heavy atom. The third-order valence-corrected chi connectivity index (χ3v) is 4.29. The van der Waals surface area contributed by atoms with Gasteiger partial charge in [0.05, 0.1) is 7.11 Å². The van der Waals surface area contributed by atoms with E-state index in [4.69, 9.17) is 9.47 Å². The largest absolute Gasteiger partial charge is 0.493 e. The normalized spacial score (nSPS) is 10.3. The van der Waals surface area contributed by atoms with E-state index >= 15 is 0 Å². The Morgan fingerprint density at radius 1 is 0.966 bits per heavy atom. The van der Waals surface area contributed by atoms with Gasteiger partial charge in [-0.3, -0.25) is 4.79 Å². The molecule has 1 amide bonds. The summed E-state index contributed by atoms with van der Waals surface area (Å²) < 4.78 is 24.2. The van der Waals surface area contributed by atoms with E-state index < -0.39 is 0 Å². The van der Waals surface area contributed by atoms with Crippen molar-refractivity contribution in [3.8, 4) is 11.5 Å². The van der Waals surface area contributed by atoms with Crippen molar-refractivity contribution in [3.05, 3.63) is 83.7 Å². The lowest BCUT2D eigenvalue weighted by molar-refractivity contribution is -0.118. The number of nitrogens with one attached hydrogen (secondary N) is 2. The molecule has 0 aliphatic carbocycles. The van der Waals surface area contributed by atoms with Crippen LogP contribution >= 0.6 is 0 Å². The Labute approximate surface area is 169 Å². The Balaban J connectivity index is 1.66. The number of methoxy groups -OCH3 is 1. The van der Waals surface area contributed by atoms with Gasteiger partial charge < -0.3 is 20.1 Å². The molecule has 0 saturated carbocycles. The van der Waals surface area contributed by atoms with Crippen LogP contribution in [0.1, 0.15) is 11.1 Å². The number of halogens is 1. The quantitative estimate of drug-likeness (QED) is 0.578. The molecular formula is C23H23FN2O3. The zero-order chi connectivity index (χ0) is 20.6. The molecule has 0 atom stereocenters. The summed E-state index contributed by atoms with van der Waals surface area (Å²) in [5, 5.41) is 6.01. The number of hydrogen-bond acceptors (Lipinski definition) is 4. The van der Waals surface area contributed by atoms with Crippen LogP contribution in [0.2, 0.25) is 0 Å². The van der Waals surface area contributed by atoms with E-state index in [-0.39, 0.29) is 18.3 Å². The predicted octanol–water partition coefficient (Wildman–Crippen LogP) is 4.77. The van der Waals surface area contributed by atoms with Gasteiger partial charge in [0.1, 0.15) is 5.82 Å². The lowest BCUT2D eigenvalue weighted by Crippen LogP contribution is -2.21. The van der Waals surface area contributed by atoms with E-state index in [2.05, 4.69) is 10.6 Å². The van der Waals surface area contributed by atoms with Gasteiger partial charge in [0.25, 0.3) is 5.91 Å². The highest BCUT2D eigenvalue weighted by Crippen LogP contribution is 2.31. The Kier molecular flexibility index (Phi) is 6.68. The molecule has 3 rings (SSSR count). The lowest BCUT2D eigenvalue weighted by Gasteiger charge is -2.16. The Morgan fingerprint density at radius 2 is 1.66 bits per heavy atom. The number of aryl methyl sites for hydroxylation is 1. The number of anilines is 2. The molecule has 3 aromatic rings. The SMILES string of the molecule is COc1cccc(CNc2ccc(F)cc2)c1OCC(=O)Nc1ccc(C)cc1. The number of benzene rings is 3. The first-order valence-corrected chi connectivity index (χ1v) is 9.20. The van der Waals surface area contributed by atoms with Crippen molar-refractivity contribution in [1.29, 1.82) is 0 Å². The Bertz CT molecular complexity index is 957. The van der Waals surface area contributed by atoms with Gasteiger partial charge in [-0.15, -0.1) is 0 Å². The van der Waals surface area contributed by atoms with Gasteiger partial charge in [-0.05, 0) is 49.4 Å². The lowest BCUT2D eigenvalue weighted by atomic mass is 10.1. The van der Waals surface area contributed by atoms with E-state index in [1.54, 1.807) is 25.3 Å². The van der Waals surface area contributed by atoms with Crippen LogP contribution in [0.3, 0.4) is 0 Å². The molecule has 2 N–H and O–H groups in total. The second-order valence-electron chi connectivity index (χ2n) is 6.51. The van der Waals surface area contributed by atoms with Crippen LogP contribution in [0.25, 0.3) is 0 Å². The Hall–Kier alpha value is -3.54. The number of hydrogen-bond donors (Lipinski definition) is 2. The number of rotatable bonds is 8. The molecule has 0 heterocycles. The minimum absolute atomic E-state index is 0.155. The minimum atomic E-state index is -0.291. The fourth-order valence-corrected chi connectivity index (χ4v) is 2.76. The zero-order valence-electron chi connectivity index (χ0n) is 16.4. The molecule has 0 fully saturated rings. The highest BCUT2D eigenvalue weighted by atomic mass is 19.1. The van der Waals surface area contributed by atoms with Gasteiger partial charge in [-0.1, -0.05) is 29.8 Å². The fourth-order valence-electron chi connectivity index (χ4n) is 2.76. The van der Waals surface area contributed by atoms with E-state index in [9.17, 15) is 9.18 Å². The average molecular weight is 394 g/mol. The van der Waals surface area contributed by atoms with Crippen LogP contribution in [0, 0.1) is 12.7 Å². The van der Waals surface area contributed by atoms with Crippen molar-refractivity contribution in [3.63, 3.8) is 0 Å². The first-order valence-electron chi connectivity index (χ1n) is 9.20. The third kappa shape index (κ3) is 5.72. The summed E-state index contributed by atoms with van der Waals surface area (Å²) in [5.41, 5.74) is 3.42. The molecule has 0 unspecified atom stereocenters. The maximum atomic E-state index is 13.1. The van der Waals surface area contributed by atoms with Crippen molar-refractivity contribution in [2.45, 2.75) is 13.5 Å². The van der Waals surface area contributed by atoms with Crippen molar-refractivity contribution in [1.82, 2.24) is 0 Å². The summed E-state index contributed by atoms with van der Waals surface area (Å²) in [4.78, 5) is 12.3. The molecule has 5 nitrogen and oxygen atoms in total. The van der Waals surface area contributed by atoms with Gasteiger partial charge in [0.2, 0.25) is 0 Å². The molecule has 0 spiro atoms. The third-order valence-electron chi connectivity index (χ3n) is 4.29. The molecular weight excluding hydrogens is 371 g/mol. The van der Waals surface area contributed by atoms with Gasteiger partial charge in [0.15, 0.2) is 18.1 Å². The van der Waals surface area contributed by atoms with E-state index in [1.807, 2.05) is 43.3 Å². The van der Waals surface area contributed by atoms with Crippen LogP contribution in [-0.2, 0) is 11.3 Å². The zero-order valence-corrected chi connectivity index (χ0v) is 16.4. The van der Waals surface area contributed by atoms with Gasteiger partial charge in [0, 0.05) is 23.5 Å². The molecule has 0 saturated heterocycles. The van der Waals surface area contributed by atoms with Gasteiger partial charge >= 0.3 is 0 Å². The van der Waals surface area contributed by atoms with E-state index in [1.165, 1.54) is 12.1 Å². The van der Waals surface area contributed by atoms with Crippen molar-refractivity contribution >= 4 is 17.3 Å². The van der Waals surface area contributed by atoms with Gasteiger partial charge in [-0.2, -0.15) is 0 Å². The monoisotopic (exact) mass is 394 g/mol. The maximum Gasteiger partial charge on any atom is 0.262 e. The topological polar surface area (TPSA) is 59.6 Å². The molecule has 0 aliphatic heterocycles. The summed E-state index contributed by atoms with van der Waals surface area (Å²) in [6, 6.07) is 19.1. The van der Waals surface area contributed by atoms with Crippen LogP contribution in [0.5, 0.6) is 11.5 Å². The first-order chi connectivity index (χ1) is 14.0. The second-order valence-corrected chi connectivity index (χ2v) is 6.51. The highest BCUT2D eigenvalue weighted by Gasteiger charge is 2.13. The fraction of sp³-hybridized carbons (Fsp3) is 0.174. The molecule has 0 bridgehead atoms. The number of carbonyl (C=O) groups excluding carboxylic acids is 1. The first kappa shape index (κ1) is 20.2. The van der Waals surface area contributed by atoms with Crippen LogP contribution in [0.15, 0.2) is 66.7 Å². The molecule has 6 heteroatoms. The molecule has 150 valence electrons. The van der Waals surface area contributed by atoms with Crippen LogP contribution in [0.4, 0.5) is 15.8 Å². The predicted molar refractivity (Wildman–Crippen MR) is 112 cm³/mol. The summed E-state index contributed by atoms with van der Waals surface area (Å²) in [6.07, 6.45) is 0. The summed E-state index contributed by atoms with van der Waals surface area (Å²) in [5.74, 6) is 0.466. The summed E-state index contributed by atoms with van der Waals surface area (Å²) in [7, 11) is 1.55. The van der Waals surface area contributed by atoms with Crippen molar-refractivity contribution < 1.29 is 18.7 Å². The number of carbonyl (C=O) groups is 1. The summed E-state index contributed by atoms with van der Waals surface area (Å²) >= 11 is 0. The average Bonchev–Trinajstić information content (AvgIpc) is 2.73. The smallest absolute Gasteiger partial charge is 0.262 e. The van der Waals surface area contributed by atoms with Crippen molar-refractivity contribution in [2.24, 2.45) is 0 Å². The van der Waals surface area contributed by atoms with Crippen LogP contribution in [-0.4, -0.2) is 19.6 Å². The molecule has 0 radical (unpaired) electrons.